The van der Waals surface area contributed by atoms with Crippen molar-refractivity contribution in [3.8, 4) is 0 Å². The van der Waals surface area contributed by atoms with Gasteiger partial charge in [0.05, 0.1) is 22.8 Å². The third-order valence-corrected chi connectivity index (χ3v) is 5.88. The van der Waals surface area contributed by atoms with Crippen LogP contribution in [0.5, 0.6) is 0 Å². The molecule has 0 amide bonds. The minimum atomic E-state index is -0.478. The number of anilines is 1. The Morgan fingerprint density at radius 1 is 1.00 bits per heavy atom. The summed E-state index contributed by atoms with van der Waals surface area (Å²) in [5.74, 6) is 0.274. The summed E-state index contributed by atoms with van der Waals surface area (Å²) in [6, 6.07) is 12.1. The first kappa shape index (κ1) is 22.1. The number of rotatable bonds is 5. The highest BCUT2D eigenvalue weighted by atomic mass is 35.5. The van der Waals surface area contributed by atoms with Gasteiger partial charge in [-0.15, -0.1) is 0 Å². The van der Waals surface area contributed by atoms with E-state index in [0.717, 1.165) is 10.1 Å². The molecule has 0 aliphatic heterocycles. The van der Waals surface area contributed by atoms with Gasteiger partial charge in [0.1, 0.15) is 0 Å². The van der Waals surface area contributed by atoms with E-state index in [2.05, 4.69) is 15.5 Å². The van der Waals surface area contributed by atoms with E-state index in [4.69, 9.17) is 34.8 Å². The van der Waals surface area contributed by atoms with Crippen molar-refractivity contribution in [2.75, 3.05) is 5.43 Å². The van der Waals surface area contributed by atoms with Gasteiger partial charge in [0.15, 0.2) is 11.2 Å². The zero-order valence-corrected chi connectivity index (χ0v) is 19.3. The van der Waals surface area contributed by atoms with E-state index >= 15 is 0 Å². The fraction of sp³-hybridized carbons (Fsp3) is 0.143. The number of benzene rings is 2. The summed E-state index contributed by atoms with van der Waals surface area (Å²) in [5, 5.41) is 5.60. The van der Waals surface area contributed by atoms with Gasteiger partial charge in [-0.05, 0) is 29.8 Å². The molecule has 0 saturated carbocycles. The number of hydrogen-bond donors (Lipinski definition) is 1. The topological polar surface area (TPSA) is 86.2 Å². The molecule has 0 spiro atoms. The second-order valence-electron chi connectivity index (χ2n) is 7.03. The zero-order chi connectivity index (χ0) is 23.0. The zero-order valence-electron chi connectivity index (χ0n) is 17.0. The second kappa shape index (κ2) is 8.82. The van der Waals surface area contributed by atoms with Gasteiger partial charge in [0.25, 0.3) is 5.56 Å². The van der Waals surface area contributed by atoms with Crippen molar-refractivity contribution in [1.29, 1.82) is 0 Å². The van der Waals surface area contributed by atoms with Crippen LogP contribution in [0.15, 0.2) is 57.2 Å². The number of aryl methyl sites for hydroxylation is 2. The Labute approximate surface area is 197 Å². The van der Waals surface area contributed by atoms with Gasteiger partial charge >= 0.3 is 5.69 Å². The van der Waals surface area contributed by atoms with Crippen molar-refractivity contribution in [2.45, 2.75) is 6.54 Å². The van der Waals surface area contributed by atoms with Crippen LogP contribution in [0, 0.1) is 0 Å². The van der Waals surface area contributed by atoms with Crippen molar-refractivity contribution >= 4 is 58.1 Å². The molecule has 2 aromatic heterocycles. The molecule has 11 heteroatoms. The lowest BCUT2D eigenvalue weighted by atomic mass is 10.2. The van der Waals surface area contributed by atoms with Gasteiger partial charge in [-0.2, -0.15) is 10.1 Å². The lowest BCUT2D eigenvalue weighted by Gasteiger charge is -2.09. The van der Waals surface area contributed by atoms with E-state index in [-0.39, 0.29) is 23.7 Å². The third kappa shape index (κ3) is 4.04. The predicted octanol–water partition coefficient (Wildman–Crippen LogP) is 3.89. The van der Waals surface area contributed by atoms with Crippen LogP contribution in [0.25, 0.3) is 11.2 Å². The fourth-order valence-electron chi connectivity index (χ4n) is 3.24. The molecule has 0 aliphatic rings. The molecule has 2 heterocycles. The second-order valence-corrected chi connectivity index (χ2v) is 8.28. The summed E-state index contributed by atoms with van der Waals surface area (Å²) in [6.07, 6.45) is 1.46. The van der Waals surface area contributed by atoms with Crippen LogP contribution in [-0.2, 0) is 20.6 Å². The van der Waals surface area contributed by atoms with E-state index in [0.29, 0.717) is 20.6 Å². The maximum Gasteiger partial charge on any atom is 0.332 e. The maximum atomic E-state index is 13.2. The van der Waals surface area contributed by atoms with Gasteiger partial charge in [0, 0.05) is 24.7 Å². The summed E-state index contributed by atoms with van der Waals surface area (Å²) < 4.78 is 4.03. The standard InChI is InChI=1S/C21H17Cl3N6O2/c1-28-17-18(26-20(28)27-25-10-14-15(23)4-3-5-16(14)24)29(2)21(32)30(19(17)31)11-12-6-8-13(22)9-7-12/h3-10H,11H2,1-2H3,(H,26,27)/b25-10-. The van der Waals surface area contributed by atoms with Crippen LogP contribution in [0.1, 0.15) is 11.1 Å². The number of aromatic nitrogens is 4. The van der Waals surface area contributed by atoms with Gasteiger partial charge in [-0.1, -0.05) is 53.0 Å². The maximum absolute atomic E-state index is 13.2. The Morgan fingerprint density at radius 3 is 2.31 bits per heavy atom. The minimum absolute atomic E-state index is 0.107. The van der Waals surface area contributed by atoms with Gasteiger partial charge < -0.3 is 4.57 Å². The van der Waals surface area contributed by atoms with Crippen molar-refractivity contribution in [2.24, 2.45) is 19.2 Å². The lowest BCUT2D eigenvalue weighted by Crippen LogP contribution is -2.39. The number of halogens is 3. The first-order valence-corrected chi connectivity index (χ1v) is 10.5. The predicted molar refractivity (Wildman–Crippen MR) is 128 cm³/mol. The largest absolute Gasteiger partial charge is 0.332 e. The van der Waals surface area contributed by atoms with Crippen molar-refractivity contribution in [3.63, 3.8) is 0 Å². The normalized spacial score (nSPS) is 11.5. The summed E-state index contributed by atoms with van der Waals surface area (Å²) in [6.45, 7) is 0.107. The number of imidazole rings is 1. The quantitative estimate of drug-likeness (QED) is 0.339. The number of nitrogens with one attached hydrogen (secondary N) is 1. The average molecular weight is 492 g/mol. The average Bonchev–Trinajstić information content (AvgIpc) is 3.09. The van der Waals surface area contributed by atoms with Crippen molar-refractivity contribution < 1.29 is 0 Å². The Kier molecular flexibility index (Phi) is 6.10. The lowest BCUT2D eigenvalue weighted by molar-refractivity contribution is 0.655. The van der Waals surface area contributed by atoms with E-state index < -0.39 is 11.2 Å². The molecular formula is C21H17Cl3N6O2. The summed E-state index contributed by atoms with van der Waals surface area (Å²) >= 11 is 18.2. The van der Waals surface area contributed by atoms with Crippen molar-refractivity contribution in [3.05, 3.63) is 89.5 Å². The van der Waals surface area contributed by atoms with E-state index in [1.807, 2.05) is 0 Å². The number of hydrazone groups is 1. The molecule has 0 fully saturated rings. The van der Waals surface area contributed by atoms with Gasteiger partial charge in [-0.25, -0.2) is 10.2 Å². The molecule has 2 aromatic carbocycles. The summed E-state index contributed by atoms with van der Waals surface area (Å²) in [7, 11) is 3.22. The number of nitrogens with zero attached hydrogens (tertiary/aromatic N) is 5. The molecular weight excluding hydrogens is 475 g/mol. The molecule has 0 atom stereocenters. The van der Waals surface area contributed by atoms with E-state index in [1.165, 1.54) is 10.8 Å². The molecule has 1 N–H and O–H groups in total. The minimum Gasteiger partial charge on any atom is -0.306 e. The van der Waals surface area contributed by atoms with Crippen LogP contribution >= 0.6 is 34.8 Å². The van der Waals surface area contributed by atoms with E-state index in [1.54, 1.807) is 61.1 Å². The smallest absolute Gasteiger partial charge is 0.306 e. The fourth-order valence-corrected chi connectivity index (χ4v) is 3.86. The van der Waals surface area contributed by atoms with Crippen LogP contribution in [-0.4, -0.2) is 24.9 Å². The van der Waals surface area contributed by atoms with Crippen LogP contribution < -0.4 is 16.7 Å². The molecule has 0 radical (unpaired) electrons. The molecule has 0 saturated heterocycles. The molecule has 0 aliphatic carbocycles. The van der Waals surface area contributed by atoms with Crippen LogP contribution in [0.4, 0.5) is 5.95 Å². The Bertz CT molecular complexity index is 1450. The molecule has 164 valence electrons. The molecule has 0 unspecified atom stereocenters. The summed E-state index contributed by atoms with van der Waals surface area (Å²) in [5.41, 5.74) is 3.66. The van der Waals surface area contributed by atoms with Gasteiger partial charge in [0.2, 0.25) is 5.95 Å². The third-order valence-electron chi connectivity index (χ3n) is 4.97. The highest BCUT2D eigenvalue weighted by Gasteiger charge is 2.18. The molecule has 4 rings (SSSR count). The molecule has 8 nitrogen and oxygen atoms in total. The Morgan fingerprint density at radius 2 is 1.66 bits per heavy atom. The SMILES string of the molecule is Cn1c(N/N=C\c2c(Cl)cccc2Cl)nc2c1c(=O)n(Cc1ccc(Cl)cc1)c(=O)n2C. The van der Waals surface area contributed by atoms with Crippen molar-refractivity contribution in [1.82, 2.24) is 18.7 Å². The number of fused-ring (bicyclic) bond motifs is 1. The Balaban J connectivity index is 1.73. The van der Waals surface area contributed by atoms with Crippen LogP contribution in [0.2, 0.25) is 15.1 Å². The monoisotopic (exact) mass is 490 g/mol. The molecule has 0 bridgehead atoms. The summed E-state index contributed by atoms with van der Waals surface area (Å²) in [4.78, 5) is 30.4. The van der Waals surface area contributed by atoms with Crippen LogP contribution in [0.3, 0.4) is 0 Å². The molecule has 32 heavy (non-hydrogen) atoms. The highest BCUT2D eigenvalue weighted by Crippen LogP contribution is 2.22. The Hall–Kier alpha value is -3.07. The number of hydrogen-bond acceptors (Lipinski definition) is 5. The highest BCUT2D eigenvalue weighted by molar-refractivity contribution is 6.38. The molecule has 4 aromatic rings. The first-order chi connectivity index (χ1) is 15.3. The van der Waals surface area contributed by atoms with Gasteiger partial charge in [-0.3, -0.25) is 13.9 Å². The first-order valence-electron chi connectivity index (χ1n) is 9.41. The van der Waals surface area contributed by atoms with E-state index in [9.17, 15) is 9.59 Å².